The Labute approximate surface area is 121 Å². The van der Waals surface area contributed by atoms with Crippen molar-refractivity contribution in [1.29, 1.82) is 0 Å². The van der Waals surface area contributed by atoms with Gasteiger partial charge in [0.05, 0.1) is 5.92 Å². The van der Waals surface area contributed by atoms with E-state index in [1.54, 1.807) is 0 Å². The molecule has 1 saturated carbocycles. The first-order chi connectivity index (χ1) is 9.97. The van der Waals surface area contributed by atoms with Crippen LogP contribution in [0.15, 0.2) is 18.2 Å². The summed E-state index contributed by atoms with van der Waals surface area (Å²) in [4.78, 5) is 23.0. The molecule has 6 heteroatoms. The van der Waals surface area contributed by atoms with Crippen LogP contribution in [0.4, 0.5) is 8.78 Å². The van der Waals surface area contributed by atoms with E-state index < -0.39 is 23.5 Å². The smallest absolute Gasteiger partial charge is 0.306 e. The van der Waals surface area contributed by atoms with Crippen molar-refractivity contribution in [3.05, 3.63) is 35.4 Å². The van der Waals surface area contributed by atoms with Gasteiger partial charge < -0.3 is 10.4 Å². The summed E-state index contributed by atoms with van der Waals surface area (Å²) in [5, 5.41) is 11.6. The second-order valence-corrected chi connectivity index (χ2v) is 5.36. The summed E-state index contributed by atoms with van der Waals surface area (Å²) in [5.41, 5.74) is 0.466. The molecule has 0 bridgehead atoms. The molecule has 1 aliphatic rings. The van der Waals surface area contributed by atoms with Crippen LogP contribution in [0.25, 0.3) is 0 Å². The average molecular weight is 297 g/mol. The maximum absolute atomic E-state index is 13.0. The lowest BCUT2D eigenvalue weighted by molar-refractivity contribution is -0.144. The zero-order valence-corrected chi connectivity index (χ0v) is 11.4. The Balaban J connectivity index is 1.89. The average Bonchev–Trinajstić information content (AvgIpc) is 2.48. The number of hydrogen-bond acceptors (Lipinski definition) is 2. The van der Waals surface area contributed by atoms with Crippen molar-refractivity contribution in [2.75, 3.05) is 0 Å². The summed E-state index contributed by atoms with van der Waals surface area (Å²) in [7, 11) is 0. The van der Waals surface area contributed by atoms with Crippen LogP contribution < -0.4 is 5.32 Å². The van der Waals surface area contributed by atoms with Gasteiger partial charge in [0.15, 0.2) is 11.6 Å². The summed E-state index contributed by atoms with van der Waals surface area (Å²) < 4.78 is 25.8. The molecule has 21 heavy (non-hydrogen) atoms. The molecular weight excluding hydrogens is 280 g/mol. The molecule has 0 spiro atoms. The molecule has 2 N–H and O–H groups in total. The number of carbonyl (C=O) groups excluding carboxylic acids is 1. The predicted octanol–water partition coefficient (Wildman–Crippen LogP) is 2.47. The number of carboxylic acid groups (broad SMARTS) is 1. The molecule has 1 aromatic rings. The highest BCUT2D eigenvalue weighted by Crippen LogP contribution is 2.29. The van der Waals surface area contributed by atoms with E-state index in [-0.39, 0.29) is 18.4 Å². The summed E-state index contributed by atoms with van der Waals surface area (Å²) in [5.74, 6) is -3.78. The van der Waals surface area contributed by atoms with E-state index in [0.29, 0.717) is 31.2 Å². The minimum atomic E-state index is -0.953. The van der Waals surface area contributed by atoms with Crippen molar-refractivity contribution in [3.63, 3.8) is 0 Å². The van der Waals surface area contributed by atoms with E-state index in [2.05, 4.69) is 5.32 Å². The minimum Gasteiger partial charge on any atom is -0.481 e. The van der Waals surface area contributed by atoms with Crippen LogP contribution in [-0.2, 0) is 16.1 Å². The van der Waals surface area contributed by atoms with Crippen LogP contribution >= 0.6 is 0 Å². The van der Waals surface area contributed by atoms with Gasteiger partial charge in [-0.05, 0) is 37.0 Å². The van der Waals surface area contributed by atoms with Crippen molar-refractivity contribution < 1.29 is 23.5 Å². The van der Waals surface area contributed by atoms with Crippen molar-refractivity contribution >= 4 is 11.9 Å². The third-order valence-electron chi connectivity index (χ3n) is 3.84. The monoisotopic (exact) mass is 297 g/mol. The molecule has 114 valence electrons. The Kier molecular flexibility index (Phi) is 4.88. The molecule has 0 saturated heterocycles. The summed E-state index contributed by atoms with van der Waals surface area (Å²) in [6.45, 7) is 0.101. The van der Waals surface area contributed by atoms with E-state index in [1.807, 2.05) is 0 Å². The van der Waals surface area contributed by atoms with Gasteiger partial charge in [0.1, 0.15) is 0 Å². The maximum Gasteiger partial charge on any atom is 0.306 e. The van der Waals surface area contributed by atoms with Gasteiger partial charge in [-0.1, -0.05) is 12.5 Å². The van der Waals surface area contributed by atoms with Crippen molar-refractivity contribution in [2.24, 2.45) is 11.8 Å². The highest BCUT2D eigenvalue weighted by atomic mass is 19.2. The van der Waals surface area contributed by atoms with Crippen LogP contribution in [0.5, 0.6) is 0 Å². The number of benzene rings is 1. The van der Waals surface area contributed by atoms with E-state index in [9.17, 15) is 18.4 Å². The standard InChI is InChI=1S/C15H17F2NO3/c16-12-5-4-9(6-13(12)17)8-18-14(19)10-2-1-3-11(7-10)15(20)21/h4-6,10-11H,1-3,7-8H2,(H,18,19)(H,20,21). The molecule has 1 amide bonds. The first kappa shape index (κ1) is 15.4. The first-order valence-electron chi connectivity index (χ1n) is 6.92. The number of nitrogens with one attached hydrogen (secondary N) is 1. The van der Waals surface area contributed by atoms with Gasteiger partial charge in [-0.15, -0.1) is 0 Å². The molecule has 0 aliphatic heterocycles. The molecule has 2 rings (SSSR count). The van der Waals surface area contributed by atoms with Gasteiger partial charge >= 0.3 is 5.97 Å². The second kappa shape index (κ2) is 6.65. The SMILES string of the molecule is O=C(O)C1CCCC(C(=O)NCc2ccc(F)c(F)c2)C1. The largest absolute Gasteiger partial charge is 0.481 e. The van der Waals surface area contributed by atoms with E-state index in [1.165, 1.54) is 6.07 Å². The predicted molar refractivity (Wildman–Crippen MR) is 71.3 cm³/mol. The molecule has 0 heterocycles. The van der Waals surface area contributed by atoms with Crippen LogP contribution in [0, 0.1) is 23.5 Å². The number of aliphatic carboxylic acids is 1. The van der Waals surface area contributed by atoms with Gasteiger partial charge in [-0.3, -0.25) is 9.59 Å². The first-order valence-corrected chi connectivity index (χ1v) is 6.92. The molecule has 2 unspecified atom stereocenters. The molecular formula is C15H17F2NO3. The fourth-order valence-electron chi connectivity index (χ4n) is 2.64. The maximum atomic E-state index is 13.0. The fraction of sp³-hybridized carbons (Fsp3) is 0.467. The summed E-state index contributed by atoms with van der Waals surface area (Å²) >= 11 is 0. The summed E-state index contributed by atoms with van der Waals surface area (Å²) in [6.07, 6.45) is 2.30. The summed E-state index contributed by atoms with van der Waals surface area (Å²) in [6, 6.07) is 3.45. The Morgan fingerprint density at radius 1 is 1.19 bits per heavy atom. The van der Waals surface area contributed by atoms with Gasteiger partial charge in [-0.25, -0.2) is 8.78 Å². The topological polar surface area (TPSA) is 66.4 Å². The van der Waals surface area contributed by atoms with Crippen molar-refractivity contribution in [3.8, 4) is 0 Å². The van der Waals surface area contributed by atoms with Gasteiger partial charge in [0.2, 0.25) is 5.91 Å². The molecule has 2 atom stereocenters. The highest BCUT2D eigenvalue weighted by Gasteiger charge is 2.30. The lowest BCUT2D eigenvalue weighted by Gasteiger charge is -2.25. The van der Waals surface area contributed by atoms with E-state index in [0.717, 1.165) is 12.1 Å². The fourth-order valence-corrected chi connectivity index (χ4v) is 2.64. The number of hydrogen-bond donors (Lipinski definition) is 2. The quantitative estimate of drug-likeness (QED) is 0.897. The Morgan fingerprint density at radius 3 is 2.57 bits per heavy atom. The highest BCUT2D eigenvalue weighted by molar-refractivity contribution is 5.80. The van der Waals surface area contributed by atoms with Gasteiger partial charge in [0.25, 0.3) is 0 Å². The van der Waals surface area contributed by atoms with Gasteiger partial charge in [0, 0.05) is 12.5 Å². The number of rotatable bonds is 4. The number of halogens is 2. The van der Waals surface area contributed by atoms with Crippen LogP contribution in [-0.4, -0.2) is 17.0 Å². The Bertz CT molecular complexity index is 548. The lowest BCUT2D eigenvalue weighted by atomic mass is 9.81. The number of amides is 1. The van der Waals surface area contributed by atoms with Gasteiger partial charge in [-0.2, -0.15) is 0 Å². The molecule has 0 aromatic heterocycles. The Morgan fingerprint density at radius 2 is 1.90 bits per heavy atom. The van der Waals surface area contributed by atoms with Crippen molar-refractivity contribution in [1.82, 2.24) is 5.32 Å². The Hall–Kier alpha value is -1.98. The van der Waals surface area contributed by atoms with Crippen molar-refractivity contribution in [2.45, 2.75) is 32.2 Å². The molecule has 1 aromatic carbocycles. The zero-order chi connectivity index (χ0) is 15.4. The number of carboxylic acids is 1. The number of carbonyl (C=O) groups is 2. The molecule has 1 fully saturated rings. The third-order valence-corrected chi connectivity index (χ3v) is 3.84. The second-order valence-electron chi connectivity index (χ2n) is 5.36. The molecule has 1 aliphatic carbocycles. The normalized spacial score (nSPS) is 21.8. The molecule has 0 radical (unpaired) electrons. The van der Waals surface area contributed by atoms with Crippen LogP contribution in [0.3, 0.4) is 0 Å². The lowest BCUT2D eigenvalue weighted by Crippen LogP contribution is -2.35. The van der Waals surface area contributed by atoms with E-state index >= 15 is 0 Å². The molecule has 4 nitrogen and oxygen atoms in total. The minimum absolute atomic E-state index is 0.101. The zero-order valence-electron chi connectivity index (χ0n) is 11.4. The van der Waals surface area contributed by atoms with Crippen LogP contribution in [0.1, 0.15) is 31.2 Å². The van der Waals surface area contributed by atoms with Crippen LogP contribution in [0.2, 0.25) is 0 Å². The third kappa shape index (κ3) is 4.00. The van der Waals surface area contributed by atoms with E-state index in [4.69, 9.17) is 5.11 Å².